The van der Waals surface area contributed by atoms with Crippen molar-refractivity contribution < 1.29 is 26.7 Å². The molecule has 1 aromatic heterocycles. The first-order valence-corrected chi connectivity index (χ1v) is 12.8. The number of rotatable bonds is 5. The van der Waals surface area contributed by atoms with Gasteiger partial charge in [-0.05, 0) is 55.7 Å². The fraction of sp³-hybridized carbons (Fsp3) is 0.360. The molecule has 2 heterocycles. The molecule has 0 radical (unpaired) electrons. The molecule has 184 valence electrons. The third-order valence-corrected chi connectivity index (χ3v) is 8.32. The standard InChI is InChI=1S/C25H24F3N3O3S/c1-34-19-9-7-16(8-10-19)23-21-11-13-31(14-12-22(21)29-24(30-23)17-5-6-17)35(32,33)20-4-2-3-18(15-20)25(26,27)28/h2-4,7-10,15,17H,5-6,11-14H2,1H3. The Morgan fingerprint density at radius 1 is 1.06 bits per heavy atom. The first-order chi connectivity index (χ1) is 16.7. The van der Waals surface area contributed by atoms with Gasteiger partial charge in [0.25, 0.3) is 0 Å². The van der Waals surface area contributed by atoms with Crippen LogP contribution in [0.15, 0.2) is 53.4 Å². The smallest absolute Gasteiger partial charge is 0.416 e. The van der Waals surface area contributed by atoms with Gasteiger partial charge in [-0.25, -0.2) is 9.97 Å². The van der Waals surface area contributed by atoms with Crippen molar-refractivity contribution in [2.24, 2.45) is 0 Å². The summed E-state index contributed by atoms with van der Waals surface area (Å²) in [4.78, 5) is 9.28. The number of hydrogen-bond acceptors (Lipinski definition) is 5. The van der Waals surface area contributed by atoms with Gasteiger partial charge in [-0.1, -0.05) is 10.3 Å². The van der Waals surface area contributed by atoms with Crippen LogP contribution in [0.4, 0.5) is 13.2 Å². The van der Waals surface area contributed by atoms with Crippen LogP contribution in [0.25, 0.3) is 11.3 Å². The molecule has 6 nitrogen and oxygen atoms in total. The number of methoxy groups -OCH3 is 1. The highest BCUT2D eigenvalue weighted by atomic mass is 32.3. The zero-order chi connectivity index (χ0) is 24.8. The fourth-order valence-electron chi connectivity index (χ4n) is 4.33. The Bertz CT molecular complexity index is 1290. The van der Waals surface area contributed by atoms with Gasteiger partial charge in [0.15, 0.2) is 15.3 Å². The van der Waals surface area contributed by atoms with E-state index in [4.69, 9.17) is 14.7 Å². The average molecular weight is 504 g/mol. The number of nitrogens with zero attached hydrogens (tertiary/aromatic N) is 3. The van der Waals surface area contributed by atoms with E-state index in [0.29, 0.717) is 24.8 Å². The topological polar surface area (TPSA) is 78.4 Å². The minimum atomic E-state index is -4.62. The summed E-state index contributed by atoms with van der Waals surface area (Å²) in [5.41, 5.74) is 2.35. The van der Waals surface area contributed by atoms with Crippen molar-refractivity contribution >= 4 is 10.4 Å². The average Bonchev–Trinajstić information content (AvgIpc) is 3.70. The Balaban J connectivity index is 1.48. The number of aromatic nitrogens is 2. The van der Waals surface area contributed by atoms with Crippen molar-refractivity contribution in [3.05, 3.63) is 71.2 Å². The van der Waals surface area contributed by atoms with Crippen LogP contribution in [-0.4, -0.2) is 39.0 Å². The zero-order valence-electron chi connectivity index (χ0n) is 19.0. The molecule has 1 fully saturated rings. The number of sulfonamides is 1. The second-order valence-corrected chi connectivity index (χ2v) is 10.7. The summed E-state index contributed by atoms with van der Waals surface area (Å²) in [5, 5.41) is 0. The molecule has 1 aliphatic heterocycles. The van der Waals surface area contributed by atoms with Crippen molar-refractivity contribution in [2.75, 3.05) is 20.2 Å². The first-order valence-electron chi connectivity index (χ1n) is 11.4. The molecule has 1 aliphatic carbocycles. The van der Waals surface area contributed by atoms with E-state index in [9.17, 15) is 21.9 Å². The van der Waals surface area contributed by atoms with Crippen LogP contribution < -0.4 is 4.74 Å². The minimum Gasteiger partial charge on any atom is -0.593 e. The Labute approximate surface area is 202 Å². The highest BCUT2D eigenvalue weighted by Crippen LogP contribution is 2.40. The van der Waals surface area contributed by atoms with Gasteiger partial charge < -0.3 is 9.29 Å². The molecular formula is C25H24F3N3O3S. The normalized spacial score (nSPS) is 18.4. The van der Waals surface area contributed by atoms with E-state index in [0.717, 1.165) is 59.1 Å². The monoisotopic (exact) mass is 503 g/mol. The van der Waals surface area contributed by atoms with Gasteiger partial charge >= 0.3 is 6.18 Å². The Morgan fingerprint density at radius 3 is 2.43 bits per heavy atom. The lowest BCUT2D eigenvalue weighted by Crippen LogP contribution is -2.38. The van der Waals surface area contributed by atoms with Crippen LogP contribution in [0.5, 0.6) is 5.75 Å². The second-order valence-electron chi connectivity index (χ2n) is 8.79. The maximum absolute atomic E-state index is 13.3. The number of hydrogen-bond donors (Lipinski definition) is 0. The number of alkyl halides is 3. The van der Waals surface area contributed by atoms with E-state index >= 15 is 0 Å². The molecule has 1 saturated carbocycles. The molecule has 0 spiro atoms. The lowest BCUT2D eigenvalue weighted by atomic mass is 10.0. The molecule has 0 bridgehead atoms. The highest BCUT2D eigenvalue weighted by molar-refractivity contribution is 7.95. The lowest BCUT2D eigenvalue weighted by Gasteiger charge is -2.26. The van der Waals surface area contributed by atoms with Crippen LogP contribution in [0.2, 0.25) is 0 Å². The van der Waals surface area contributed by atoms with Crippen LogP contribution in [0, 0.1) is 0 Å². The van der Waals surface area contributed by atoms with Gasteiger partial charge in [0.2, 0.25) is 0 Å². The van der Waals surface area contributed by atoms with Gasteiger partial charge in [0, 0.05) is 48.3 Å². The predicted octanol–water partition coefficient (Wildman–Crippen LogP) is 5.05. The summed E-state index contributed by atoms with van der Waals surface area (Å²) in [6.45, 7) is 0.260. The predicted molar refractivity (Wildman–Crippen MR) is 124 cm³/mol. The first kappa shape index (κ1) is 23.9. The molecule has 2 aromatic carbocycles. The third-order valence-electron chi connectivity index (χ3n) is 6.42. The second kappa shape index (κ2) is 9.00. The van der Waals surface area contributed by atoms with Crippen molar-refractivity contribution in [3.63, 3.8) is 0 Å². The maximum Gasteiger partial charge on any atom is 0.416 e. The van der Waals surface area contributed by atoms with Crippen molar-refractivity contribution in [2.45, 2.75) is 42.7 Å². The summed E-state index contributed by atoms with van der Waals surface area (Å²) in [6.07, 6.45) is -1.85. The largest absolute Gasteiger partial charge is 0.593 e. The summed E-state index contributed by atoms with van der Waals surface area (Å²) in [7, 11) is -2.52. The molecule has 10 heteroatoms. The Kier molecular flexibility index (Phi) is 6.14. The van der Waals surface area contributed by atoms with Crippen LogP contribution in [0.1, 0.15) is 41.4 Å². The van der Waals surface area contributed by atoms with Crippen molar-refractivity contribution in [3.8, 4) is 17.0 Å². The summed E-state index contributed by atoms with van der Waals surface area (Å²) in [5.74, 6) is 1.80. The van der Waals surface area contributed by atoms with Crippen LogP contribution >= 0.6 is 0 Å². The van der Waals surface area contributed by atoms with Crippen molar-refractivity contribution in [1.29, 1.82) is 0 Å². The molecule has 0 N–H and O–H groups in total. The van der Waals surface area contributed by atoms with Crippen molar-refractivity contribution in [1.82, 2.24) is 14.3 Å². The summed E-state index contributed by atoms with van der Waals surface area (Å²) >= 11 is 0. The van der Waals surface area contributed by atoms with Crippen LogP contribution in [-0.2, 0) is 33.6 Å². The zero-order valence-corrected chi connectivity index (χ0v) is 19.9. The summed E-state index contributed by atoms with van der Waals surface area (Å²) < 4.78 is 72.6. The molecular weight excluding hydrogens is 479 g/mol. The minimum absolute atomic E-state index is 0.126. The van der Waals surface area contributed by atoms with Gasteiger partial charge in [0.05, 0.1) is 18.4 Å². The molecule has 35 heavy (non-hydrogen) atoms. The van der Waals surface area contributed by atoms with E-state index in [1.165, 1.54) is 10.4 Å². The number of fused-ring (bicyclic) bond motifs is 1. The van der Waals surface area contributed by atoms with Gasteiger partial charge in [0.1, 0.15) is 11.6 Å². The van der Waals surface area contributed by atoms with E-state index < -0.39 is 22.1 Å². The Hall–Kier alpha value is -2.82. The molecule has 3 aromatic rings. The summed E-state index contributed by atoms with van der Waals surface area (Å²) in [6, 6.07) is 11.4. The van der Waals surface area contributed by atoms with E-state index in [2.05, 4.69) is 0 Å². The molecule has 2 aliphatic rings. The lowest BCUT2D eigenvalue weighted by molar-refractivity contribution is -0.137. The third kappa shape index (κ3) is 4.82. The number of ether oxygens (including phenoxy) is 1. The highest BCUT2D eigenvalue weighted by Gasteiger charge is 2.37. The van der Waals surface area contributed by atoms with Crippen LogP contribution in [0.3, 0.4) is 0 Å². The number of benzene rings is 2. The van der Waals surface area contributed by atoms with E-state index in [1.54, 1.807) is 7.11 Å². The fourth-order valence-corrected chi connectivity index (χ4v) is 5.82. The molecule has 1 atom stereocenters. The van der Waals surface area contributed by atoms with Gasteiger partial charge in [-0.15, -0.1) is 4.31 Å². The van der Waals surface area contributed by atoms with Gasteiger partial charge in [-0.3, -0.25) is 0 Å². The Morgan fingerprint density at radius 2 is 1.77 bits per heavy atom. The van der Waals surface area contributed by atoms with Gasteiger partial charge in [-0.2, -0.15) is 13.2 Å². The molecule has 1 unspecified atom stereocenters. The quantitative estimate of drug-likeness (QED) is 0.455. The van der Waals surface area contributed by atoms with E-state index in [1.807, 2.05) is 24.3 Å². The van der Waals surface area contributed by atoms with E-state index in [-0.39, 0.29) is 18.0 Å². The molecule has 5 rings (SSSR count). The number of halogens is 3. The SMILES string of the molecule is COc1ccc(-c2nc(C3CC3)nc3c2CCN([S+](=O)([O-])c2cccc(C(F)(F)F)c2)CC3)cc1. The maximum atomic E-state index is 13.3. The molecule has 0 amide bonds. The molecule has 0 saturated heterocycles.